The highest BCUT2D eigenvalue weighted by molar-refractivity contribution is 7.99. The second-order valence-corrected chi connectivity index (χ2v) is 6.84. The van der Waals surface area contributed by atoms with E-state index in [1.807, 2.05) is 18.2 Å². The lowest BCUT2D eigenvalue weighted by Gasteiger charge is -2.17. The lowest BCUT2D eigenvalue weighted by atomic mass is 10.1. The number of benzene rings is 2. The number of aromatic carboxylic acids is 1. The van der Waals surface area contributed by atoms with E-state index in [1.54, 1.807) is 30.1 Å². The number of hydrogen-bond acceptors (Lipinski definition) is 5. The van der Waals surface area contributed by atoms with Crippen molar-refractivity contribution in [3.63, 3.8) is 0 Å². The van der Waals surface area contributed by atoms with Crippen LogP contribution in [-0.2, 0) is 0 Å². The summed E-state index contributed by atoms with van der Waals surface area (Å²) in [5.74, 6) is -0.539. The Kier molecular flexibility index (Phi) is 5.14. The third-order valence-electron chi connectivity index (χ3n) is 3.36. The zero-order valence-electron chi connectivity index (χ0n) is 12.3. The second kappa shape index (κ2) is 7.30. The number of carbonyl (C=O) groups is 1. The second-order valence-electron chi connectivity index (χ2n) is 5.01. The number of carboxylic acid groups (broad SMARTS) is 1. The van der Waals surface area contributed by atoms with E-state index in [9.17, 15) is 9.90 Å². The topological polar surface area (TPSA) is 64.5 Å². The largest absolute Gasteiger partial charge is 0.545 e. The molecule has 1 aliphatic heterocycles. The number of halogens is 2. The van der Waals surface area contributed by atoms with Gasteiger partial charge in [0.15, 0.2) is 0 Å². The highest BCUT2D eigenvalue weighted by Crippen LogP contribution is 2.39. The van der Waals surface area contributed by atoms with Gasteiger partial charge in [-0.05, 0) is 35.9 Å². The van der Waals surface area contributed by atoms with Crippen molar-refractivity contribution in [2.24, 2.45) is 5.10 Å². The van der Waals surface area contributed by atoms with Crippen LogP contribution in [-0.4, -0.2) is 17.9 Å². The maximum Gasteiger partial charge on any atom is 0.0716 e. The summed E-state index contributed by atoms with van der Waals surface area (Å²) < 4.78 is 0. The number of nitrogens with zero attached hydrogens (tertiary/aromatic N) is 1. The zero-order chi connectivity index (χ0) is 17.1. The van der Waals surface area contributed by atoms with Gasteiger partial charge in [0, 0.05) is 26.8 Å². The smallest absolute Gasteiger partial charge is 0.0716 e. The molecule has 0 saturated carbocycles. The minimum atomic E-state index is -1.23. The Morgan fingerprint density at radius 3 is 2.88 bits per heavy atom. The van der Waals surface area contributed by atoms with Crippen molar-refractivity contribution < 1.29 is 9.90 Å². The fraction of sp³-hybridized carbons (Fsp3) is 0.0588. The molecule has 0 aliphatic carbocycles. The van der Waals surface area contributed by atoms with Crippen molar-refractivity contribution in [2.75, 3.05) is 11.2 Å². The number of hydrazone groups is 1. The molecule has 0 saturated heterocycles. The third-order valence-corrected chi connectivity index (χ3v) is 5.16. The molecule has 3 rings (SSSR count). The first-order valence-corrected chi connectivity index (χ1v) is 8.70. The summed E-state index contributed by atoms with van der Waals surface area (Å²) >= 11 is 14.1. The van der Waals surface area contributed by atoms with Crippen LogP contribution in [0.4, 0.5) is 5.69 Å². The van der Waals surface area contributed by atoms with Gasteiger partial charge in [0.2, 0.25) is 0 Å². The van der Waals surface area contributed by atoms with Crippen LogP contribution < -0.4 is 10.5 Å². The molecule has 0 aromatic heterocycles. The molecule has 2 aromatic carbocycles. The molecule has 4 nitrogen and oxygen atoms in total. The Bertz CT molecular complexity index is 865. The maximum atomic E-state index is 10.8. The van der Waals surface area contributed by atoms with Crippen molar-refractivity contribution in [1.29, 1.82) is 0 Å². The molecule has 7 heteroatoms. The van der Waals surface area contributed by atoms with Crippen LogP contribution in [0.3, 0.4) is 0 Å². The first-order valence-electron chi connectivity index (χ1n) is 6.96. The van der Waals surface area contributed by atoms with Crippen molar-refractivity contribution in [1.82, 2.24) is 0 Å². The number of anilines is 1. The Hall–Kier alpha value is -1.95. The van der Waals surface area contributed by atoms with Gasteiger partial charge in [0.05, 0.1) is 22.9 Å². The standard InChI is InChI=1S/C17H12Cl2N2O2S/c18-12-4-5-15-14(7-12)16(19)11(9-24-15)8-20-21-13-3-1-2-10(6-13)17(22)23/h1-8,21H,9H2,(H,22,23)/p-1. The molecule has 0 atom stereocenters. The van der Waals surface area contributed by atoms with Crippen LogP contribution in [0.15, 0.2) is 58.0 Å². The highest BCUT2D eigenvalue weighted by Gasteiger charge is 2.17. The van der Waals surface area contributed by atoms with E-state index in [0.717, 1.165) is 16.0 Å². The molecule has 0 fully saturated rings. The quantitative estimate of drug-likeness (QED) is 0.648. The molecule has 0 spiro atoms. The number of carbonyl (C=O) groups excluding carboxylic acids is 1. The first kappa shape index (κ1) is 16.9. The van der Waals surface area contributed by atoms with Crippen LogP contribution in [0.5, 0.6) is 0 Å². The van der Waals surface area contributed by atoms with E-state index < -0.39 is 5.97 Å². The molecule has 1 N–H and O–H groups in total. The lowest BCUT2D eigenvalue weighted by molar-refractivity contribution is -0.255. The zero-order valence-corrected chi connectivity index (χ0v) is 14.6. The minimum absolute atomic E-state index is 0.0873. The van der Waals surface area contributed by atoms with Gasteiger partial charge in [0.25, 0.3) is 0 Å². The molecule has 1 heterocycles. The Morgan fingerprint density at radius 1 is 1.25 bits per heavy atom. The minimum Gasteiger partial charge on any atom is -0.545 e. The van der Waals surface area contributed by atoms with E-state index in [-0.39, 0.29) is 5.56 Å². The van der Waals surface area contributed by atoms with Gasteiger partial charge in [-0.2, -0.15) is 5.10 Å². The molecule has 0 amide bonds. The number of hydrogen-bond donors (Lipinski definition) is 1. The number of nitrogens with one attached hydrogen (secondary N) is 1. The Morgan fingerprint density at radius 2 is 2.08 bits per heavy atom. The van der Waals surface area contributed by atoms with E-state index >= 15 is 0 Å². The van der Waals surface area contributed by atoms with Gasteiger partial charge in [-0.25, -0.2) is 0 Å². The van der Waals surface area contributed by atoms with Crippen molar-refractivity contribution in [3.05, 3.63) is 64.2 Å². The molecule has 0 bridgehead atoms. The molecule has 0 radical (unpaired) electrons. The molecule has 24 heavy (non-hydrogen) atoms. The Balaban J connectivity index is 1.78. The Labute approximate surface area is 153 Å². The number of rotatable bonds is 4. The summed E-state index contributed by atoms with van der Waals surface area (Å²) in [7, 11) is 0. The van der Waals surface area contributed by atoms with Gasteiger partial charge < -0.3 is 9.90 Å². The van der Waals surface area contributed by atoms with Gasteiger partial charge in [-0.1, -0.05) is 35.3 Å². The monoisotopic (exact) mass is 377 g/mol. The van der Waals surface area contributed by atoms with Crippen molar-refractivity contribution >= 4 is 57.9 Å². The molecule has 1 aliphatic rings. The predicted octanol–water partition coefficient (Wildman–Crippen LogP) is 3.86. The van der Waals surface area contributed by atoms with Crippen LogP contribution >= 0.6 is 35.0 Å². The van der Waals surface area contributed by atoms with Gasteiger partial charge in [-0.3, -0.25) is 5.43 Å². The predicted molar refractivity (Wildman–Crippen MR) is 97.8 cm³/mol. The van der Waals surface area contributed by atoms with Gasteiger partial charge in [-0.15, -0.1) is 11.8 Å². The summed E-state index contributed by atoms with van der Waals surface area (Å²) in [6.07, 6.45) is 1.63. The lowest BCUT2D eigenvalue weighted by Crippen LogP contribution is -2.22. The van der Waals surface area contributed by atoms with Gasteiger partial charge in [0.1, 0.15) is 0 Å². The van der Waals surface area contributed by atoms with E-state index in [0.29, 0.717) is 21.5 Å². The average Bonchev–Trinajstić information content (AvgIpc) is 2.58. The number of carboxylic acids is 1. The maximum absolute atomic E-state index is 10.8. The third kappa shape index (κ3) is 3.75. The SMILES string of the molecule is O=C([O-])c1cccc(NN=CC2=C(Cl)c3cc(Cl)ccc3SC2)c1. The van der Waals surface area contributed by atoms with E-state index in [4.69, 9.17) is 23.2 Å². The highest BCUT2D eigenvalue weighted by atomic mass is 35.5. The molecular weight excluding hydrogens is 367 g/mol. The normalized spacial score (nSPS) is 13.9. The van der Waals surface area contributed by atoms with Crippen molar-refractivity contribution in [3.8, 4) is 0 Å². The first-order chi connectivity index (χ1) is 11.5. The fourth-order valence-electron chi connectivity index (χ4n) is 2.19. The summed E-state index contributed by atoms with van der Waals surface area (Å²) in [4.78, 5) is 11.9. The number of thioether (sulfide) groups is 1. The summed E-state index contributed by atoms with van der Waals surface area (Å²) in [5, 5.41) is 16.2. The molecular formula is C17H11Cl2N2O2S-. The van der Waals surface area contributed by atoms with Crippen LogP contribution in [0.25, 0.3) is 5.03 Å². The molecule has 2 aromatic rings. The summed E-state index contributed by atoms with van der Waals surface area (Å²) in [6.45, 7) is 0. The molecule has 122 valence electrons. The fourth-order valence-corrected chi connectivity index (χ4v) is 3.78. The molecule has 0 unspecified atom stereocenters. The van der Waals surface area contributed by atoms with Crippen molar-refractivity contribution in [2.45, 2.75) is 4.90 Å². The average molecular weight is 378 g/mol. The van der Waals surface area contributed by atoms with Gasteiger partial charge >= 0.3 is 0 Å². The number of fused-ring (bicyclic) bond motifs is 1. The van der Waals surface area contributed by atoms with Crippen LogP contribution in [0, 0.1) is 0 Å². The van der Waals surface area contributed by atoms with Crippen LogP contribution in [0.2, 0.25) is 5.02 Å². The summed E-state index contributed by atoms with van der Waals surface area (Å²) in [6, 6.07) is 11.9. The van der Waals surface area contributed by atoms with Crippen LogP contribution in [0.1, 0.15) is 15.9 Å². The van der Waals surface area contributed by atoms with E-state index in [2.05, 4.69) is 10.5 Å². The van der Waals surface area contributed by atoms with E-state index in [1.165, 1.54) is 12.1 Å². The summed E-state index contributed by atoms with van der Waals surface area (Å²) in [5.41, 5.74) is 5.18.